The van der Waals surface area contributed by atoms with Crippen molar-refractivity contribution < 1.29 is 0 Å². The lowest BCUT2D eigenvalue weighted by molar-refractivity contribution is 0.451. The van der Waals surface area contributed by atoms with Gasteiger partial charge in [0.25, 0.3) is 0 Å². The van der Waals surface area contributed by atoms with E-state index < -0.39 is 0 Å². The Balaban J connectivity index is 2.37. The van der Waals surface area contributed by atoms with Crippen molar-refractivity contribution in [3.05, 3.63) is 33.8 Å². The first-order valence-electron chi connectivity index (χ1n) is 5.88. The number of rotatable bonds is 7. The Morgan fingerprint density at radius 2 is 2.00 bits per heavy atom. The van der Waals surface area contributed by atoms with E-state index >= 15 is 0 Å². The van der Waals surface area contributed by atoms with Gasteiger partial charge in [0, 0.05) is 12.4 Å². The minimum absolute atomic E-state index is 0.601. The van der Waals surface area contributed by atoms with E-state index in [9.17, 15) is 0 Å². The molecule has 0 radical (unpaired) electrons. The van der Waals surface area contributed by atoms with Gasteiger partial charge in [0.05, 0.1) is 10.0 Å². The largest absolute Gasteiger partial charge is 0.312 e. The zero-order valence-corrected chi connectivity index (χ0v) is 12.2. The smallest absolute Gasteiger partial charge is 0.0595 e. The first-order valence-corrected chi connectivity index (χ1v) is 7.17. The summed E-state index contributed by atoms with van der Waals surface area (Å²) in [5.74, 6) is 1.38. The van der Waals surface area contributed by atoms with Gasteiger partial charge in [-0.2, -0.15) is 0 Å². The summed E-state index contributed by atoms with van der Waals surface area (Å²) in [6, 6.07) is 5.72. The van der Waals surface area contributed by atoms with E-state index in [0.29, 0.717) is 16.0 Å². The summed E-state index contributed by atoms with van der Waals surface area (Å²) in [6.07, 6.45) is 2.22. The van der Waals surface area contributed by atoms with Gasteiger partial charge in [0.2, 0.25) is 0 Å². The summed E-state index contributed by atoms with van der Waals surface area (Å²) in [5.41, 5.74) is 1.15. The monoisotopic (exact) mass is 293 g/mol. The molecule has 1 N–H and O–H groups in total. The predicted molar refractivity (Wildman–Crippen MR) is 77.3 cm³/mol. The van der Waals surface area contributed by atoms with Crippen LogP contribution in [0.4, 0.5) is 0 Å². The number of alkyl halides is 1. The van der Waals surface area contributed by atoms with Crippen LogP contribution in [0.3, 0.4) is 0 Å². The lowest BCUT2D eigenvalue weighted by Gasteiger charge is -2.14. The summed E-state index contributed by atoms with van der Waals surface area (Å²) in [4.78, 5) is 0. The molecule has 4 heteroatoms. The zero-order valence-electron chi connectivity index (χ0n) is 9.98. The zero-order chi connectivity index (χ0) is 12.7. The highest BCUT2D eigenvalue weighted by atomic mass is 35.5. The molecule has 1 atom stereocenters. The van der Waals surface area contributed by atoms with Gasteiger partial charge in [-0.3, -0.25) is 0 Å². The summed E-state index contributed by atoms with van der Waals surface area (Å²) < 4.78 is 0. The van der Waals surface area contributed by atoms with Crippen molar-refractivity contribution in [2.75, 3.05) is 12.4 Å². The van der Waals surface area contributed by atoms with Crippen LogP contribution in [0, 0.1) is 5.92 Å². The second-order valence-corrected chi connectivity index (χ2v) is 5.32. The van der Waals surface area contributed by atoms with Crippen LogP contribution in [0.1, 0.15) is 25.3 Å². The normalized spacial score (nSPS) is 12.7. The minimum atomic E-state index is 0.601. The van der Waals surface area contributed by atoms with Crippen molar-refractivity contribution in [2.45, 2.75) is 26.3 Å². The molecule has 1 unspecified atom stereocenters. The molecule has 1 rings (SSSR count). The van der Waals surface area contributed by atoms with Gasteiger partial charge in [-0.05, 0) is 36.6 Å². The maximum atomic E-state index is 5.96. The van der Waals surface area contributed by atoms with Crippen molar-refractivity contribution >= 4 is 34.8 Å². The molecule has 0 aliphatic rings. The van der Waals surface area contributed by atoms with Crippen molar-refractivity contribution in [3.8, 4) is 0 Å². The van der Waals surface area contributed by atoms with Crippen molar-refractivity contribution in [3.63, 3.8) is 0 Å². The Kier molecular flexibility index (Phi) is 7.29. The average molecular weight is 295 g/mol. The third-order valence-corrected chi connectivity index (χ3v) is 3.80. The van der Waals surface area contributed by atoms with Crippen molar-refractivity contribution in [2.24, 2.45) is 5.92 Å². The van der Waals surface area contributed by atoms with E-state index in [4.69, 9.17) is 34.8 Å². The number of benzene rings is 1. The quantitative estimate of drug-likeness (QED) is 0.716. The maximum Gasteiger partial charge on any atom is 0.0595 e. The summed E-state index contributed by atoms with van der Waals surface area (Å²) in [5, 5.41) is 4.63. The van der Waals surface area contributed by atoms with Crippen LogP contribution in [0.15, 0.2) is 18.2 Å². The highest BCUT2D eigenvalue weighted by Crippen LogP contribution is 2.22. The Morgan fingerprint density at radius 3 is 2.59 bits per heavy atom. The predicted octanol–water partition coefficient (Wildman–Crippen LogP) is 4.74. The molecule has 0 aliphatic carbocycles. The third-order valence-electron chi connectivity index (χ3n) is 2.84. The number of hydrogen-bond donors (Lipinski definition) is 1. The Bertz CT molecular complexity index is 341. The van der Waals surface area contributed by atoms with Gasteiger partial charge in [-0.1, -0.05) is 42.6 Å². The van der Waals surface area contributed by atoms with Crippen LogP contribution in [0.2, 0.25) is 10.0 Å². The van der Waals surface area contributed by atoms with E-state index in [1.165, 1.54) is 0 Å². The highest BCUT2D eigenvalue weighted by molar-refractivity contribution is 6.42. The average Bonchev–Trinajstić information content (AvgIpc) is 2.32. The molecule has 1 aromatic rings. The van der Waals surface area contributed by atoms with Crippen LogP contribution >= 0.6 is 34.8 Å². The van der Waals surface area contributed by atoms with Gasteiger partial charge >= 0.3 is 0 Å². The van der Waals surface area contributed by atoms with Crippen LogP contribution in [-0.2, 0) is 6.54 Å². The standard InChI is InChI=1S/C13H18Cl3N/c1-2-10(5-6-14)8-17-9-11-3-4-12(15)13(16)7-11/h3-4,7,10,17H,2,5-6,8-9H2,1H3. The van der Waals surface area contributed by atoms with E-state index in [1.54, 1.807) is 0 Å². The van der Waals surface area contributed by atoms with Crippen LogP contribution in [0.25, 0.3) is 0 Å². The molecule has 0 aliphatic heterocycles. The molecule has 1 nitrogen and oxygen atoms in total. The van der Waals surface area contributed by atoms with E-state index in [2.05, 4.69) is 12.2 Å². The molecule has 0 saturated carbocycles. The third kappa shape index (κ3) is 5.48. The van der Waals surface area contributed by atoms with E-state index in [0.717, 1.165) is 37.4 Å². The molecule has 96 valence electrons. The van der Waals surface area contributed by atoms with Crippen LogP contribution in [-0.4, -0.2) is 12.4 Å². The minimum Gasteiger partial charge on any atom is -0.312 e. The summed E-state index contributed by atoms with van der Waals surface area (Å²) in [7, 11) is 0. The topological polar surface area (TPSA) is 12.0 Å². The number of hydrogen-bond acceptors (Lipinski definition) is 1. The second-order valence-electron chi connectivity index (χ2n) is 4.13. The first kappa shape index (κ1) is 15.1. The molecule has 0 heterocycles. The second kappa shape index (κ2) is 8.20. The van der Waals surface area contributed by atoms with Gasteiger partial charge in [0.1, 0.15) is 0 Å². The fourth-order valence-corrected chi connectivity index (χ4v) is 2.30. The number of nitrogens with one attached hydrogen (secondary N) is 1. The van der Waals surface area contributed by atoms with Gasteiger partial charge in [-0.25, -0.2) is 0 Å². The summed E-state index contributed by atoms with van der Waals surface area (Å²) >= 11 is 17.6. The molecule has 0 saturated heterocycles. The Hall–Kier alpha value is 0.0500. The first-order chi connectivity index (χ1) is 8.17. The van der Waals surface area contributed by atoms with Gasteiger partial charge in [0.15, 0.2) is 0 Å². The molecule has 0 spiro atoms. The fraction of sp³-hybridized carbons (Fsp3) is 0.538. The van der Waals surface area contributed by atoms with E-state index in [-0.39, 0.29) is 0 Å². The Labute approximate surface area is 118 Å². The molecular formula is C13H18Cl3N. The molecule has 17 heavy (non-hydrogen) atoms. The highest BCUT2D eigenvalue weighted by Gasteiger charge is 2.05. The van der Waals surface area contributed by atoms with Crippen LogP contribution in [0.5, 0.6) is 0 Å². The maximum absolute atomic E-state index is 5.96. The number of halogens is 3. The molecular weight excluding hydrogens is 277 g/mol. The van der Waals surface area contributed by atoms with Gasteiger partial charge in [-0.15, -0.1) is 11.6 Å². The van der Waals surface area contributed by atoms with Crippen LogP contribution < -0.4 is 5.32 Å². The molecule has 0 bridgehead atoms. The summed E-state index contributed by atoms with van der Waals surface area (Å²) in [6.45, 7) is 4.00. The lowest BCUT2D eigenvalue weighted by Crippen LogP contribution is -2.22. The SMILES string of the molecule is CCC(CCCl)CNCc1ccc(Cl)c(Cl)c1. The van der Waals surface area contributed by atoms with E-state index in [1.807, 2.05) is 18.2 Å². The molecule has 0 aromatic heterocycles. The lowest BCUT2D eigenvalue weighted by atomic mass is 10.0. The fourth-order valence-electron chi connectivity index (χ4n) is 1.68. The molecule has 0 fully saturated rings. The van der Waals surface area contributed by atoms with Gasteiger partial charge < -0.3 is 5.32 Å². The molecule has 0 amide bonds. The van der Waals surface area contributed by atoms with Crippen molar-refractivity contribution in [1.29, 1.82) is 0 Å². The Morgan fingerprint density at radius 1 is 1.24 bits per heavy atom. The van der Waals surface area contributed by atoms with Crippen molar-refractivity contribution in [1.82, 2.24) is 5.32 Å². The molecule has 1 aromatic carbocycles.